The molecule has 106 valence electrons. The summed E-state index contributed by atoms with van der Waals surface area (Å²) in [6, 6.07) is 13.7. The maximum absolute atomic E-state index is 12.5. The fraction of sp³-hybridized carbons (Fsp3) is 0.125. The minimum absolute atomic E-state index is 0.222. The van der Waals surface area contributed by atoms with Crippen LogP contribution in [0.3, 0.4) is 0 Å². The third kappa shape index (κ3) is 2.95. The molecule has 0 radical (unpaired) electrons. The van der Waals surface area contributed by atoms with Gasteiger partial charge in [-0.2, -0.15) is 5.26 Å². The quantitative estimate of drug-likeness (QED) is 0.876. The van der Waals surface area contributed by atoms with Gasteiger partial charge in [0.15, 0.2) is 0 Å². The van der Waals surface area contributed by atoms with Crippen molar-refractivity contribution in [2.24, 2.45) is 0 Å². The van der Waals surface area contributed by atoms with E-state index in [0.29, 0.717) is 28.3 Å². The lowest BCUT2D eigenvalue weighted by Crippen LogP contribution is -2.27. The molecule has 0 aliphatic heterocycles. The number of anilines is 2. The monoisotopic (exact) mass is 281 g/mol. The second-order valence-corrected chi connectivity index (χ2v) is 4.48. The van der Waals surface area contributed by atoms with E-state index in [1.165, 1.54) is 4.90 Å². The van der Waals surface area contributed by atoms with Crippen LogP contribution in [0.15, 0.2) is 42.5 Å². The number of nitrogens with two attached hydrogens (primary N) is 1. The summed E-state index contributed by atoms with van der Waals surface area (Å²) in [4.78, 5) is 13.9. The molecule has 5 nitrogen and oxygen atoms in total. The molecule has 2 N–H and O–H groups in total. The van der Waals surface area contributed by atoms with E-state index in [1.54, 1.807) is 56.6 Å². The Bertz CT molecular complexity index is 702. The number of hydrogen-bond donors (Lipinski definition) is 1. The molecule has 0 heterocycles. The van der Waals surface area contributed by atoms with Crippen molar-refractivity contribution in [1.29, 1.82) is 5.26 Å². The van der Waals surface area contributed by atoms with E-state index in [0.717, 1.165) is 0 Å². The van der Waals surface area contributed by atoms with E-state index < -0.39 is 0 Å². The molecule has 2 aromatic carbocycles. The van der Waals surface area contributed by atoms with E-state index in [9.17, 15) is 4.79 Å². The average molecular weight is 281 g/mol. The van der Waals surface area contributed by atoms with Crippen LogP contribution >= 0.6 is 0 Å². The minimum Gasteiger partial charge on any atom is -0.497 e. The van der Waals surface area contributed by atoms with E-state index in [4.69, 9.17) is 15.7 Å². The van der Waals surface area contributed by atoms with Crippen LogP contribution in [0, 0.1) is 11.3 Å². The van der Waals surface area contributed by atoms with Gasteiger partial charge in [0.05, 0.1) is 24.3 Å². The largest absolute Gasteiger partial charge is 0.497 e. The summed E-state index contributed by atoms with van der Waals surface area (Å²) in [5, 5.41) is 8.78. The van der Waals surface area contributed by atoms with Gasteiger partial charge in [-0.15, -0.1) is 0 Å². The van der Waals surface area contributed by atoms with Crippen LogP contribution in [-0.2, 0) is 0 Å². The van der Waals surface area contributed by atoms with Crippen molar-refractivity contribution in [3.05, 3.63) is 53.6 Å². The van der Waals surface area contributed by atoms with E-state index >= 15 is 0 Å². The maximum Gasteiger partial charge on any atom is 0.260 e. The predicted octanol–water partition coefficient (Wildman–Crippen LogP) is 2.43. The van der Waals surface area contributed by atoms with Crippen molar-refractivity contribution >= 4 is 17.3 Å². The normalized spacial score (nSPS) is 9.76. The Morgan fingerprint density at radius 1 is 1.24 bits per heavy atom. The Morgan fingerprint density at radius 2 is 1.90 bits per heavy atom. The molecule has 0 fully saturated rings. The molecule has 2 aromatic rings. The number of ether oxygens (including phenoxy) is 1. The maximum atomic E-state index is 12.5. The molecule has 0 aliphatic rings. The highest BCUT2D eigenvalue weighted by Crippen LogP contribution is 2.23. The Labute approximate surface area is 123 Å². The second kappa shape index (κ2) is 5.97. The SMILES string of the molecule is COc1ccc(C(=O)N(C)c2ccc(C#N)cc2)c(N)c1. The molecule has 21 heavy (non-hydrogen) atoms. The van der Waals surface area contributed by atoms with Crippen molar-refractivity contribution in [1.82, 2.24) is 0 Å². The molecular formula is C16H15N3O2. The smallest absolute Gasteiger partial charge is 0.260 e. The van der Waals surface area contributed by atoms with Gasteiger partial charge < -0.3 is 15.4 Å². The van der Waals surface area contributed by atoms with Crippen molar-refractivity contribution in [2.45, 2.75) is 0 Å². The summed E-state index contributed by atoms with van der Waals surface area (Å²) in [5.41, 5.74) is 7.89. The summed E-state index contributed by atoms with van der Waals surface area (Å²) < 4.78 is 5.06. The van der Waals surface area contributed by atoms with Gasteiger partial charge in [0.2, 0.25) is 0 Å². The van der Waals surface area contributed by atoms with Crippen LogP contribution in [0.4, 0.5) is 11.4 Å². The molecule has 1 amide bonds. The number of nitriles is 1. The molecule has 0 unspecified atom stereocenters. The van der Waals surface area contributed by atoms with Crippen LogP contribution in [0.5, 0.6) is 5.75 Å². The Hall–Kier alpha value is -3.00. The number of carbonyl (C=O) groups excluding carboxylic acids is 1. The van der Waals surface area contributed by atoms with Crippen LogP contribution in [0.25, 0.3) is 0 Å². The fourth-order valence-corrected chi connectivity index (χ4v) is 1.92. The number of methoxy groups -OCH3 is 1. The summed E-state index contributed by atoms with van der Waals surface area (Å²) in [5.74, 6) is 0.380. The van der Waals surface area contributed by atoms with Crippen molar-refractivity contribution in [2.75, 3.05) is 24.8 Å². The van der Waals surface area contributed by atoms with Gasteiger partial charge in [-0.3, -0.25) is 4.79 Å². The van der Waals surface area contributed by atoms with Gasteiger partial charge in [-0.25, -0.2) is 0 Å². The van der Waals surface area contributed by atoms with Crippen LogP contribution in [0.1, 0.15) is 15.9 Å². The molecule has 5 heteroatoms. The Kier molecular flexibility index (Phi) is 4.10. The zero-order valence-corrected chi connectivity index (χ0v) is 11.8. The standard InChI is InChI=1S/C16H15N3O2/c1-19(12-5-3-11(10-17)4-6-12)16(20)14-8-7-13(21-2)9-15(14)18/h3-9H,18H2,1-2H3. The zero-order valence-electron chi connectivity index (χ0n) is 11.8. The first-order chi connectivity index (χ1) is 10.1. The third-order valence-electron chi connectivity index (χ3n) is 3.18. The number of nitrogens with zero attached hydrogens (tertiary/aromatic N) is 2. The summed E-state index contributed by atoms with van der Waals surface area (Å²) >= 11 is 0. The highest BCUT2D eigenvalue weighted by molar-refractivity contribution is 6.09. The molecule has 0 aliphatic carbocycles. The topological polar surface area (TPSA) is 79.3 Å². The van der Waals surface area contributed by atoms with E-state index in [-0.39, 0.29) is 5.91 Å². The molecule has 0 bridgehead atoms. The number of hydrogen-bond acceptors (Lipinski definition) is 4. The van der Waals surface area contributed by atoms with Gasteiger partial charge in [0.1, 0.15) is 5.75 Å². The lowest BCUT2D eigenvalue weighted by Gasteiger charge is -2.18. The zero-order chi connectivity index (χ0) is 15.4. The minimum atomic E-state index is -0.222. The number of rotatable bonds is 3. The van der Waals surface area contributed by atoms with Crippen molar-refractivity contribution in [3.63, 3.8) is 0 Å². The van der Waals surface area contributed by atoms with Gasteiger partial charge in [-0.1, -0.05) is 0 Å². The molecule has 0 aromatic heterocycles. The highest BCUT2D eigenvalue weighted by Gasteiger charge is 2.16. The molecule has 0 atom stereocenters. The molecule has 0 saturated heterocycles. The first kappa shape index (κ1) is 14.4. The van der Waals surface area contributed by atoms with Crippen LogP contribution < -0.4 is 15.4 Å². The summed E-state index contributed by atoms with van der Waals surface area (Å²) in [6.45, 7) is 0. The Balaban J connectivity index is 2.28. The summed E-state index contributed by atoms with van der Waals surface area (Å²) in [6.07, 6.45) is 0. The van der Waals surface area contributed by atoms with E-state index in [2.05, 4.69) is 0 Å². The first-order valence-electron chi connectivity index (χ1n) is 6.28. The number of nitrogen functional groups attached to an aromatic ring is 1. The molecule has 2 rings (SSSR count). The van der Waals surface area contributed by atoms with Gasteiger partial charge in [0.25, 0.3) is 5.91 Å². The Morgan fingerprint density at radius 3 is 2.43 bits per heavy atom. The van der Waals surface area contributed by atoms with E-state index in [1.807, 2.05) is 6.07 Å². The lowest BCUT2D eigenvalue weighted by molar-refractivity contribution is 0.0994. The van der Waals surface area contributed by atoms with Crippen LogP contribution in [0.2, 0.25) is 0 Å². The second-order valence-electron chi connectivity index (χ2n) is 4.48. The van der Waals surface area contributed by atoms with Crippen molar-refractivity contribution < 1.29 is 9.53 Å². The molecule has 0 saturated carbocycles. The van der Waals surface area contributed by atoms with Gasteiger partial charge in [-0.05, 0) is 36.4 Å². The fourth-order valence-electron chi connectivity index (χ4n) is 1.92. The average Bonchev–Trinajstić information content (AvgIpc) is 2.53. The first-order valence-corrected chi connectivity index (χ1v) is 6.28. The van der Waals surface area contributed by atoms with Crippen LogP contribution in [-0.4, -0.2) is 20.1 Å². The predicted molar refractivity (Wildman–Crippen MR) is 81.3 cm³/mol. The lowest BCUT2D eigenvalue weighted by atomic mass is 10.1. The third-order valence-corrected chi connectivity index (χ3v) is 3.18. The van der Waals surface area contributed by atoms with Crippen molar-refractivity contribution in [3.8, 4) is 11.8 Å². The number of amides is 1. The molecule has 0 spiro atoms. The van der Waals surface area contributed by atoms with Gasteiger partial charge in [0, 0.05) is 24.5 Å². The summed E-state index contributed by atoms with van der Waals surface area (Å²) in [7, 11) is 3.20. The molecular weight excluding hydrogens is 266 g/mol. The highest BCUT2D eigenvalue weighted by atomic mass is 16.5. The number of benzene rings is 2. The number of carbonyl (C=O) groups is 1. The van der Waals surface area contributed by atoms with Gasteiger partial charge >= 0.3 is 0 Å².